The molecular formula is C25H26ClN3O2. The lowest BCUT2D eigenvalue weighted by atomic mass is 9.95. The van der Waals surface area contributed by atoms with E-state index in [1.54, 1.807) is 18.2 Å². The topological polar surface area (TPSA) is 70.2 Å². The highest BCUT2D eigenvalue weighted by atomic mass is 35.5. The van der Waals surface area contributed by atoms with Gasteiger partial charge in [-0.2, -0.15) is 0 Å². The van der Waals surface area contributed by atoms with Gasteiger partial charge in [0.25, 0.3) is 5.91 Å². The zero-order chi connectivity index (χ0) is 21.6. The highest BCUT2D eigenvalue weighted by molar-refractivity contribution is 6.34. The first-order valence-electron chi connectivity index (χ1n) is 10.7. The van der Waals surface area contributed by atoms with Crippen LogP contribution in [0, 0.1) is 0 Å². The highest BCUT2D eigenvalue weighted by Crippen LogP contribution is 2.24. The summed E-state index contributed by atoms with van der Waals surface area (Å²) in [5.41, 5.74) is 1.83. The number of rotatable bonds is 6. The minimum Gasteiger partial charge on any atom is -0.376 e. The molecule has 0 atom stereocenters. The van der Waals surface area contributed by atoms with Crippen molar-refractivity contribution in [2.45, 2.75) is 38.1 Å². The van der Waals surface area contributed by atoms with Crippen LogP contribution in [0.15, 0.2) is 60.7 Å². The summed E-state index contributed by atoms with van der Waals surface area (Å²) in [5, 5.41) is 11.7. The van der Waals surface area contributed by atoms with E-state index in [1.165, 1.54) is 6.42 Å². The number of hydrogen-bond donors (Lipinski definition) is 3. The zero-order valence-corrected chi connectivity index (χ0v) is 18.0. The second-order valence-electron chi connectivity index (χ2n) is 7.93. The van der Waals surface area contributed by atoms with E-state index in [2.05, 4.69) is 16.0 Å². The average Bonchev–Trinajstić information content (AvgIpc) is 2.79. The number of nitrogens with one attached hydrogen (secondary N) is 3. The van der Waals surface area contributed by atoms with Crippen LogP contribution in [-0.4, -0.2) is 24.4 Å². The van der Waals surface area contributed by atoms with Crippen LogP contribution in [0.5, 0.6) is 0 Å². The first-order chi connectivity index (χ1) is 15.1. The molecule has 1 fully saturated rings. The summed E-state index contributed by atoms with van der Waals surface area (Å²) in [5.74, 6) is -0.393. The van der Waals surface area contributed by atoms with Crippen LogP contribution in [0.25, 0.3) is 10.8 Å². The smallest absolute Gasteiger partial charge is 0.253 e. The molecule has 1 saturated carbocycles. The lowest BCUT2D eigenvalue weighted by Crippen LogP contribution is -2.36. The molecule has 0 heterocycles. The Hall–Kier alpha value is -3.05. The normalized spacial score (nSPS) is 14.2. The van der Waals surface area contributed by atoms with Crippen LogP contribution in [0.2, 0.25) is 5.02 Å². The predicted octanol–water partition coefficient (Wildman–Crippen LogP) is 5.61. The zero-order valence-electron chi connectivity index (χ0n) is 17.3. The largest absolute Gasteiger partial charge is 0.376 e. The molecule has 5 nitrogen and oxygen atoms in total. The maximum atomic E-state index is 12.7. The van der Waals surface area contributed by atoms with Gasteiger partial charge >= 0.3 is 0 Å². The number of anilines is 2. The van der Waals surface area contributed by atoms with Crippen molar-refractivity contribution < 1.29 is 9.59 Å². The average molecular weight is 436 g/mol. The van der Waals surface area contributed by atoms with Gasteiger partial charge < -0.3 is 16.0 Å². The van der Waals surface area contributed by atoms with Gasteiger partial charge in [-0.25, -0.2) is 0 Å². The molecule has 6 heteroatoms. The molecule has 3 aromatic carbocycles. The molecule has 0 unspecified atom stereocenters. The summed E-state index contributed by atoms with van der Waals surface area (Å²) in [7, 11) is 0. The summed E-state index contributed by atoms with van der Waals surface area (Å²) < 4.78 is 0. The standard InChI is InChI=1S/C25H26ClN3O2/c26-22-14-13-19(15-21(22)25(31)29-18-9-2-1-3-10-18)28-24(30)16-27-23-12-6-8-17-7-4-5-11-20(17)23/h4-8,11-15,18,27H,1-3,9-10,16H2,(H,28,30)(H,29,31). The molecule has 1 aliphatic rings. The fourth-order valence-electron chi connectivity index (χ4n) is 4.05. The molecule has 0 spiro atoms. The van der Waals surface area contributed by atoms with Gasteiger partial charge in [0.15, 0.2) is 0 Å². The van der Waals surface area contributed by atoms with Gasteiger partial charge in [0.2, 0.25) is 5.91 Å². The quantitative estimate of drug-likeness (QED) is 0.471. The van der Waals surface area contributed by atoms with Crippen molar-refractivity contribution in [2.75, 3.05) is 17.2 Å². The van der Waals surface area contributed by atoms with Crippen LogP contribution in [0.1, 0.15) is 42.5 Å². The summed E-state index contributed by atoms with van der Waals surface area (Å²) in [6.07, 6.45) is 5.50. The van der Waals surface area contributed by atoms with Gasteiger partial charge in [-0.1, -0.05) is 67.3 Å². The third kappa shape index (κ3) is 5.36. The van der Waals surface area contributed by atoms with Gasteiger partial charge in [-0.3, -0.25) is 9.59 Å². The Kier molecular flexibility index (Phi) is 6.73. The summed E-state index contributed by atoms with van der Waals surface area (Å²) in [6, 6.07) is 19.1. The third-order valence-corrected chi connectivity index (χ3v) is 5.99. The van der Waals surface area contributed by atoms with E-state index < -0.39 is 0 Å². The maximum absolute atomic E-state index is 12.7. The monoisotopic (exact) mass is 435 g/mol. The van der Waals surface area contributed by atoms with Crippen molar-refractivity contribution in [3.63, 3.8) is 0 Å². The number of carbonyl (C=O) groups is 2. The summed E-state index contributed by atoms with van der Waals surface area (Å²) in [6.45, 7) is 0.111. The first kappa shape index (κ1) is 21.2. The Bertz CT molecular complexity index is 1090. The van der Waals surface area contributed by atoms with Gasteiger partial charge in [0.05, 0.1) is 17.1 Å². The Balaban J connectivity index is 1.39. The molecule has 160 valence electrons. The van der Waals surface area contributed by atoms with Crippen LogP contribution in [-0.2, 0) is 4.79 Å². The van der Waals surface area contributed by atoms with E-state index in [0.717, 1.165) is 42.1 Å². The predicted molar refractivity (Wildman–Crippen MR) is 127 cm³/mol. The number of amides is 2. The van der Waals surface area contributed by atoms with Gasteiger partial charge in [-0.05, 0) is 42.5 Å². The molecule has 0 aliphatic heterocycles. The summed E-state index contributed by atoms with van der Waals surface area (Å²) in [4.78, 5) is 25.2. The number of fused-ring (bicyclic) bond motifs is 1. The fourth-order valence-corrected chi connectivity index (χ4v) is 4.25. The molecule has 0 bridgehead atoms. The van der Waals surface area contributed by atoms with Crippen LogP contribution < -0.4 is 16.0 Å². The molecule has 2 amide bonds. The lowest BCUT2D eigenvalue weighted by Gasteiger charge is -2.23. The van der Waals surface area contributed by atoms with E-state index >= 15 is 0 Å². The van der Waals surface area contributed by atoms with E-state index in [-0.39, 0.29) is 24.4 Å². The minimum atomic E-state index is -0.200. The fraction of sp³-hybridized carbons (Fsp3) is 0.280. The molecular weight excluding hydrogens is 410 g/mol. The first-order valence-corrected chi connectivity index (χ1v) is 11.1. The van der Waals surface area contributed by atoms with Crippen molar-refractivity contribution in [3.8, 4) is 0 Å². The van der Waals surface area contributed by atoms with Crippen LogP contribution >= 0.6 is 11.6 Å². The van der Waals surface area contributed by atoms with Gasteiger partial charge in [0, 0.05) is 22.8 Å². The third-order valence-electron chi connectivity index (χ3n) is 5.66. The molecule has 1 aliphatic carbocycles. The molecule has 0 saturated heterocycles. The molecule has 31 heavy (non-hydrogen) atoms. The number of carbonyl (C=O) groups excluding carboxylic acids is 2. The van der Waals surface area contributed by atoms with Crippen molar-refractivity contribution >= 4 is 45.6 Å². The molecule has 0 radical (unpaired) electrons. The maximum Gasteiger partial charge on any atom is 0.253 e. The Morgan fingerprint density at radius 1 is 0.935 bits per heavy atom. The van der Waals surface area contributed by atoms with Gasteiger partial charge in [0.1, 0.15) is 0 Å². The van der Waals surface area contributed by atoms with Crippen molar-refractivity contribution in [3.05, 3.63) is 71.2 Å². The molecule has 0 aromatic heterocycles. The SMILES string of the molecule is O=C(CNc1cccc2ccccc12)Nc1ccc(Cl)c(C(=O)NC2CCCCC2)c1. The molecule has 3 aromatic rings. The highest BCUT2D eigenvalue weighted by Gasteiger charge is 2.19. The van der Waals surface area contributed by atoms with Crippen molar-refractivity contribution in [1.82, 2.24) is 5.32 Å². The Morgan fingerprint density at radius 3 is 2.55 bits per heavy atom. The van der Waals surface area contributed by atoms with Crippen molar-refractivity contribution in [1.29, 1.82) is 0 Å². The van der Waals surface area contributed by atoms with Crippen LogP contribution in [0.3, 0.4) is 0 Å². The van der Waals surface area contributed by atoms with E-state index in [0.29, 0.717) is 16.3 Å². The van der Waals surface area contributed by atoms with Crippen molar-refractivity contribution in [2.24, 2.45) is 0 Å². The van der Waals surface area contributed by atoms with E-state index in [4.69, 9.17) is 11.6 Å². The number of halogens is 1. The summed E-state index contributed by atoms with van der Waals surface area (Å²) >= 11 is 6.26. The second-order valence-corrected chi connectivity index (χ2v) is 8.34. The number of hydrogen-bond acceptors (Lipinski definition) is 3. The molecule has 3 N–H and O–H groups in total. The minimum absolute atomic E-state index is 0.111. The van der Waals surface area contributed by atoms with E-state index in [9.17, 15) is 9.59 Å². The number of benzene rings is 3. The Morgan fingerprint density at radius 2 is 1.71 bits per heavy atom. The Labute approximate surface area is 187 Å². The molecule has 4 rings (SSSR count). The van der Waals surface area contributed by atoms with Gasteiger partial charge in [-0.15, -0.1) is 0 Å². The second kappa shape index (κ2) is 9.84. The van der Waals surface area contributed by atoms with E-state index in [1.807, 2.05) is 42.5 Å². The lowest BCUT2D eigenvalue weighted by molar-refractivity contribution is -0.114. The van der Waals surface area contributed by atoms with Crippen LogP contribution in [0.4, 0.5) is 11.4 Å².